The summed E-state index contributed by atoms with van der Waals surface area (Å²) >= 11 is 6.05. The van der Waals surface area contributed by atoms with E-state index >= 15 is 0 Å². The lowest BCUT2D eigenvalue weighted by Crippen LogP contribution is -2.32. The Morgan fingerprint density at radius 1 is 1.33 bits per heavy atom. The summed E-state index contributed by atoms with van der Waals surface area (Å²) in [5.41, 5.74) is 1.47. The lowest BCUT2D eigenvalue weighted by atomic mass is 10.1. The molecular formula is C16H17ClN2O2. The number of likely N-dealkylation sites (N-methyl/N-ethyl adjacent to an activating group) is 1. The van der Waals surface area contributed by atoms with Crippen molar-refractivity contribution in [3.8, 4) is 0 Å². The largest absolute Gasteiger partial charge is 0.386 e. The van der Waals surface area contributed by atoms with Gasteiger partial charge in [-0.3, -0.25) is 9.78 Å². The molecule has 1 atom stereocenters. The van der Waals surface area contributed by atoms with Gasteiger partial charge in [0.1, 0.15) is 0 Å². The second-order valence-electron chi connectivity index (χ2n) is 4.84. The van der Waals surface area contributed by atoms with Gasteiger partial charge >= 0.3 is 0 Å². The van der Waals surface area contributed by atoms with E-state index < -0.39 is 6.10 Å². The average Bonchev–Trinajstić information content (AvgIpc) is 2.50. The molecule has 21 heavy (non-hydrogen) atoms. The Kier molecular flexibility index (Phi) is 5.31. The van der Waals surface area contributed by atoms with Crippen LogP contribution in [0.5, 0.6) is 0 Å². The maximum atomic E-state index is 12.2. The molecule has 0 aliphatic heterocycles. The quantitative estimate of drug-likeness (QED) is 0.923. The number of aliphatic hydroxyl groups excluding tert-OH is 1. The molecule has 0 aliphatic carbocycles. The number of amides is 1. The monoisotopic (exact) mass is 304 g/mol. The van der Waals surface area contributed by atoms with Crippen LogP contribution in [0.4, 0.5) is 0 Å². The van der Waals surface area contributed by atoms with Gasteiger partial charge in [0, 0.05) is 30.0 Å². The first-order valence-corrected chi connectivity index (χ1v) is 7.01. The Bertz CT molecular complexity index is 604. The van der Waals surface area contributed by atoms with Gasteiger partial charge in [-0.05, 0) is 17.7 Å². The minimum absolute atomic E-state index is 0.0916. The fourth-order valence-corrected chi connectivity index (χ4v) is 2.18. The SMILES string of the molecule is CN(CC(O)c1cccnc1)C(=O)Cc1ccccc1Cl. The number of aromatic nitrogens is 1. The van der Waals surface area contributed by atoms with Crippen molar-refractivity contribution in [1.29, 1.82) is 0 Å². The maximum Gasteiger partial charge on any atom is 0.226 e. The first-order chi connectivity index (χ1) is 10.1. The zero-order valence-corrected chi connectivity index (χ0v) is 12.5. The number of aliphatic hydroxyl groups is 1. The van der Waals surface area contributed by atoms with E-state index in [0.717, 1.165) is 5.56 Å². The number of carbonyl (C=O) groups is 1. The molecule has 0 fully saturated rings. The highest BCUT2D eigenvalue weighted by atomic mass is 35.5. The van der Waals surface area contributed by atoms with Gasteiger partial charge < -0.3 is 10.0 Å². The van der Waals surface area contributed by atoms with Crippen molar-refractivity contribution in [2.45, 2.75) is 12.5 Å². The smallest absolute Gasteiger partial charge is 0.226 e. The Morgan fingerprint density at radius 3 is 2.76 bits per heavy atom. The Balaban J connectivity index is 1.95. The van der Waals surface area contributed by atoms with E-state index in [1.165, 1.54) is 4.90 Å². The molecule has 1 unspecified atom stereocenters. The highest BCUT2D eigenvalue weighted by Gasteiger charge is 2.16. The Morgan fingerprint density at radius 2 is 2.10 bits per heavy atom. The molecule has 1 aromatic carbocycles. The van der Waals surface area contributed by atoms with Crippen LogP contribution in [0.3, 0.4) is 0 Å². The molecule has 1 heterocycles. The first kappa shape index (κ1) is 15.5. The Labute approximate surface area is 129 Å². The molecule has 0 aliphatic rings. The van der Waals surface area contributed by atoms with Gasteiger partial charge in [-0.15, -0.1) is 0 Å². The lowest BCUT2D eigenvalue weighted by Gasteiger charge is -2.21. The summed E-state index contributed by atoms with van der Waals surface area (Å²) in [7, 11) is 1.67. The minimum atomic E-state index is -0.751. The topological polar surface area (TPSA) is 53.4 Å². The predicted molar refractivity (Wildman–Crippen MR) is 82.0 cm³/mol. The van der Waals surface area contributed by atoms with Gasteiger partial charge in [0.2, 0.25) is 5.91 Å². The standard InChI is InChI=1S/C16H17ClN2O2/c1-19(11-15(20)13-6-4-8-18-10-13)16(21)9-12-5-2-3-7-14(12)17/h2-8,10,15,20H,9,11H2,1H3. The summed E-state index contributed by atoms with van der Waals surface area (Å²) in [6.07, 6.45) is 2.70. The van der Waals surface area contributed by atoms with E-state index in [0.29, 0.717) is 10.6 Å². The number of pyridine rings is 1. The fraction of sp³-hybridized carbons (Fsp3) is 0.250. The molecule has 110 valence electrons. The van der Waals surface area contributed by atoms with Crippen molar-refractivity contribution >= 4 is 17.5 Å². The van der Waals surface area contributed by atoms with E-state index in [2.05, 4.69) is 4.98 Å². The average molecular weight is 305 g/mol. The maximum absolute atomic E-state index is 12.2. The third kappa shape index (κ3) is 4.28. The second kappa shape index (κ2) is 7.20. The van der Waals surface area contributed by atoms with Gasteiger partial charge in [-0.1, -0.05) is 35.9 Å². The zero-order chi connectivity index (χ0) is 15.2. The van der Waals surface area contributed by atoms with E-state index in [1.807, 2.05) is 18.2 Å². The van der Waals surface area contributed by atoms with Crippen LogP contribution < -0.4 is 0 Å². The van der Waals surface area contributed by atoms with Crippen LogP contribution in [0.1, 0.15) is 17.2 Å². The van der Waals surface area contributed by atoms with Crippen molar-refractivity contribution in [1.82, 2.24) is 9.88 Å². The van der Waals surface area contributed by atoms with Gasteiger partial charge in [-0.2, -0.15) is 0 Å². The van der Waals surface area contributed by atoms with Crippen LogP contribution in [-0.4, -0.2) is 34.5 Å². The third-order valence-corrected chi connectivity index (χ3v) is 3.61. The number of carbonyl (C=O) groups excluding carboxylic acids is 1. The van der Waals surface area contributed by atoms with Crippen molar-refractivity contribution in [3.05, 3.63) is 64.9 Å². The summed E-state index contributed by atoms with van der Waals surface area (Å²) in [6, 6.07) is 10.8. The van der Waals surface area contributed by atoms with Crippen molar-refractivity contribution in [2.24, 2.45) is 0 Å². The lowest BCUT2D eigenvalue weighted by molar-refractivity contribution is -0.130. The number of halogens is 1. The number of hydrogen-bond donors (Lipinski definition) is 1. The highest BCUT2D eigenvalue weighted by Crippen LogP contribution is 2.17. The Hall–Kier alpha value is -1.91. The van der Waals surface area contributed by atoms with Crippen molar-refractivity contribution in [3.63, 3.8) is 0 Å². The number of benzene rings is 1. The second-order valence-corrected chi connectivity index (χ2v) is 5.25. The number of nitrogens with zero attached hydrogens (tertiary/aromatic N) is 2. The van der Waals surface area contributed by atoms with Gasteiger partial charge in [0.15, 0.2) is 0 Å². The zero-order valence-electron chi connectivity index (χ0n) is 11.7. The van der Waals surface area contributed by atoms with Crippen LogP contribution in [0.15, 0.2) is 48.8 Å². The molecule has 0 spiro atoms. The molecule has 2 aromatic rings. The van der Waals surface area contributed by atoms with Crippen LogP contribution in [0.2, 0.25) is 5.02 Å². The summed E-state index contributed by atoms with van der Waals surface area (Å²) in [5, 5.41) is 10.7. The molecule has 4 nitrogen and oxygen atoms in total. The molecule has 0 saturated heterocycles. The van der Waals surface area contributed by atoms with Crippen LogP contribution in [0.25, 0.3) is 0 Å². The normalized spacial score (nSPS) is 12.0. The van der Waals surface area contributed by atoms with Gasteiger partial charge in [0.05, 0.1) is 19.1 Å². The van der Waals surface area contributed by atoms with Crippen molar-refractivity contribution < 1.29 is 9.90 Å². The minimum Gasteiger partial charge on any atom is -0.386 e. The van der Waals surface area contributed by atoms with Crippen molar-refractivity contribution in [2.75, 3.05) is 13.6 Å². The number of rotatable bonds is 5. The molecule has 0 radical (unpaired) electrons. The van der Waals surface area contributed by atoms with E-state index in [1.54, 1.807) is 37.6 Å². The fourth-order valence-electron chi connectivity index (χ4n) is 1.98. The van der Waals surface area contributed by atoms with E-state index in [4.69, 9.17) is 11.6 Å². The molecule has 0 saturated carbocycles. The van der Waals surface area contributed by atoms with Crippen LogP contribution in [0, 0.1) is 0 Å². The summed E-state index contributed by atoms with van der Waals surface area (Å²) in [6.45, 7) is 0.217. The molecule has 1 amide bonds. The molecule has 0 bridgehead atoms. The van der Waals surface area contributed by atoms with E-state index in [9.17, 15) is 9.90 Å². The highest BCUT2D eigenvalue weighted by molar-refractivity contribution is 6.31. The summed E-state index contributed by atoms with van der Waals surface area (Å²) in [4.78, 5) is 17.6. The predicted octanol–water partition coefficient (Wildman–Crippen LogP) is 2.47. The first-order valence-electron chi connectivity index (χ1n) is 6.63. The molecule has 1 aromatic heterocycles. The summed E-state index contributed by atoms with van der Waals surface area (Å²) in [5.74, 6) is -0.0916. The molecular weight excluding hydrogens is 288 g/mol. The number of hydrogen-bond acceptors (Lipinski definition) is 3. The summed E-state index contributed by atoms with van der Waals surface area (Å²) < 4.78 is 0. The molecule has 2 rings (SSSR count). The van der Waals surface area contributed by atoms with Crippen LogP contribution >= 0.6 is 11.6 Å². The van der Waals surface area contributed by atoms with Gasteiger partial charge in [-0.25, -0.2) is 0 Å². The van der Waals surface area contributed by atoms with Gasteiger partial charge in [0.25, 0.3) is 0 Å². The molecule has 5 heteroatoms. The molecule has 1 N–H and O–H groups in total. The van der Waals surface area contributed by atoms with Crippen LogP contribution in [-0.2, 0) is 11.2 Å². The third-order valence-electron chi connectivity index (χ3n) is 3.24. The van der Waals surface area contributed by atoms with E-state index in [-0.39, 0.29) is 18.9 Å².